The Labute approximate surface area is 124 Å². The smallest absolute Gasteiger partial charge is 0.128 e. The summed E-state index contributed by atoms with van der Waals surface area (Å²) in [6.07, 6.45) is 0. The predicted octanol–water partition coefficient (Wildman–Crippen LogP) is 2.31. The normalized spacial score (nSPS) is 11.4. The zero-order valence-electron chi connectivity index (χ0n) is 13.9. The van der Waals surface area contributed by atoms with E-state index < -0.39 is 0 Å². The fourth-order valence-electron chi connectivity index (χ4n) is 1.92. The highest BCUT2D eigenvalue weighted by molar-refractivity contribution is 5.42. The van der Waals surface area contributed by atoms with Crippen LogP contribution in [0.5, 0.6) is 0 Å². The van der Waals surface area contributed by atoms with Crippen LogP contribution >= 0.6 is 0 Å². The third kappa shape index (κ3) is 5.47. The van der Waals surface area contributed by atoms with E-state index in [1.807, 2.05) is 0 Å². The Hall–Kier alpha value is -1.13. The average molecular weight is 278 g/mol. The van der Waals surface area contributed by atoms with Crippen LogP contribution in [0.2, 0.25) is 0 Å². The molecule has 0 unspecified atom stereocenters. The number of hydrogen-bond acceptors (Lipinski definition) is 4. The lowest BCUT2D eigenvalue weighted by molar-refractivity contribution is 0.416. The number of likely N-dealkylation sites (N-methyl/N-ethyl adjacent to an activating group) is 2. The fraction of sp³-hybridized carbons (Fsp3) is 0.688. The van der Waals surface area contributed by atoms with Crippen molar-refractivity contribution >= 4 is 5.82 Å². The van der Waals surface area contributed by atoms with E-state index in [1.165, 1.54) is 11.3 Å². The summed E-state index contributed by atoms with van der Waals surface area (Å²) in [5.74, 6) is 1.53. The lowest BCUT2D eigenvalue weighted by Crippen LogP contribution is -2.29. The van der Waals surface area contributed by atoms with Crippen LogP contribution in [0, 0.1) is 0 Å². The van der Waals surface area contributed by atoms with Gasteiger partial charge >= 0.3 is 0 Å². The first kappa shape index (κ1) is 16.9. The van der Waals surface area contributed by atoms with Crippen LogP contribution in [0.15, 0.2) is 12.1 Å². The van der Waals surface area contributed by atoms with Crippen molar-refractivity contribution in [2.45, 2.75) is 33.2 Å². The maximum Gasteiger partial charge on any atom is 0.128 e. The van der Waals surface area contributed by atoms with E-state index >= 15 is 0 Å². The monoisotopic (exact) mass is 278 g/mol. The molecule has 0 saturated heterocycles. The standard InChI is InChI=1S/C16H30N4/c1-7-17-12-14-10-15(13(2)3)18-16(11-14)20(6)9-8-19(4)5/h10-11,13,17H,7-9,12H2,1-6H3. The first-order valence-electron chi connectivity index (χ1n) is 7.51. The highest BCUT2D eigenvalue weighted by atomic mass is 15.2. The van der Waals surface area contributed by atoms with Crippen LogP contribution in [-0.4, -0.2) is 50.7 Å². The third-order valence-electron chi connectivity index (χ3n) is 3.34. The maximum absolute atomic E-state index is 4.80. The number of hydrogen-bond donors (Lipinski definition) is 1. The third-order valence-corrected chi connectivity index (χ3v) is 3.34. The highest BCUT2D eigenvalue weighted by Gasteiger charge is 2.09. The second kappa shape index (κ2) is 8.22. The van der Waals surface area contributed by atoms with Crippen molar-refractivity contribution in [3.05, 3.63) is 23.4 Å². The Bertz CT molecular complexity index is 401. The van der Waals surface area contributed by atoms with Crippen molar-refractivity contribution in [2.75, 3.05) is 45.7 Å². The molecule has 1 aromatic heterocycles. The molecule has 1 heterocycles. The molecule has 0 aromatic carbocycles. The van der Waals surface area contributed by atoms with Crippen LogP contribution in [0.25, 0.3) is 0 Å². The molecular weight excluding hydrogens is 248 g/mol. The molecule has 0 spiro atoms. The number of nitrogens with zero attached hydrogens (tertiary/aromatic N) is 3. The van der Waals surface area contributed by atoms with Crippen molar-refractivity contribution in [1.82, 2.24) is 15.2 Å². The minimum absolute atomic E-state index is 0.456. The predicted molar refractivity (Wildman–Crippen MR) is 87.5 cm³/mol. The van der Waals surface area contributed by atoms with Gasteiger partial charge in [0.15, 0.2) is 0 Å². The number of anilines is 1. The molecule has 0 aliphatic carbocycles. The largest absolute Gasteiger partial charge is 0.358 e. The molecule has 4 heteroatoms. The minimum Gasteiger partial charge on any atom is -0.358 e. The lowest BCUT2D eigenvalue weighted by atomic mass is 10.1. The Morgan fingerprint density at radius 2 is 1.85 bits per heavy atom. The van der Waals surface area contributed by atoms with Gasteiger partial charge in [0.05, 0.1) is 0 Å². The van der Waals surface area contributed by atoms with E-state index in [0.29, 0.717) is 5.92 Å². The van der Waals surface area contributed by atoms with Crippen molar-refractivity contribution in [3.63, 3.8) is 0 Å². The Morgan fingerprint density at radius 1 is 1.15 bits per heavy atom. The summed E-state index contributed by atoms with van der Waals surface area (Å²) in [6, 6.07) is 4.42. The van der Waals surface area contributed by atoms with Gasteiger partial charge in [-0.1, -0.05) is 20.8 Å². The van der Waals surface area contributed by atoms with Crippen molar-refractivity contribution in [3.8, 4) is 0 Å². The van der Waals surface area contributed by atoms with Gasteiger partial charge in [0.1, 0.15) is 5.82 Å². The lowest BCUT2D eigenvalue weighted by Gasteiger charge is -2.22. The van der Waals surface area contributed by atoms with E-state index in [0.717, 1.165) is 32.0 Å². The van der Waals surface area contributed by atoms with Gasteiger partial charge < -0.3 is 15.1 Å². The van der Waals surface area contributed by atoms with Gasteiger partial charge in [-0.25, -0.2) is 4.98 Å². The van der Waals surface area contributed by atoms with Crippen LogP contribution in [0.3, 0.4) is 0 Å². The van der Waals surface area contributed by atoms with Crippen molar-refractivity contribution in [1.29, 1.82) is 0 Å². The number of rotatable bonds is 8. The van der Waals surface area contributed by atoms with Crippen LogP contribution in [0.1, 0.15) is 37.9 Å². The van der Waals surface area contributed by atoms with Gasteiger partial charge in [-0.3, -0.25) is 0 Å². The molecule has 0 aliphatic heterocycles. The van der Waals surface area contributed by atoms with E-state index in [9.17, 15) is 0 Å². The number of nitrogens with one attached hydrogen (secondary N) is 1. The first-order valence-corrected chi connectivity index (χ1v) is 7.51. The minimum atomic E-state index is 0.456. The van der Waals surface area contributed by atoms with E-state index in [-0.39, 0.29) is 0 Å². The van der Waals surface area contributed by atoms with Crippen molar-refractivity contribution in [2.24, 2.45) is 0 Å². The number of pyridine rings is 1. The molecule has 0 fully saturated rings. The van der Waals surface area contributed by atoms with Crippen LogP contribution < -0.4 is 10.2 Å². The van der Waals surface area contributed by atoms with Gasteiger partial charge in [0, 0.05) is 32.4 Å². The molecule has 0 atom stereocenters. The molecule has 1 aromatic rings. The van der Waals surface area contributed by atoms with Crippen molar-refractivity contribution < 1.29 is 0 Å². The van der Waals surface area contributed by atoms with E-state index in [2.05, 4.69) is 69.2 Å². The molecule has 1 rings (SSSR count). The van der Waals surface area contributed by atoms with Crippen LogP contribution in [-0.2, 0) is 6.54 Å². The summed E-state index contributed by atoms with van der Waals surface area (Å²) < 4.78 is 0. The molecule has 20 heavy (non-hydrogen) atoms. The Morgan fingerprint density at radius 3 is 2.40 bits per heavy atom. The van der Waals surface area contributed by atoms with Gasteiger partial charge in [-0.2, -0.15) is 0 Å². The topological polar surface area (TPSA) is 31.4 Å². The van der Waals surface area contributed by atoms with E-state index in [4.69, 9.17) is 4.98 Å². The second-order valence-corrected chi connectivity index (χ2v) is 5.92. The Kier molecular flexibility index (Phi) is 6.96. The molecule has 1 N–H and O–H groups in total. The molecule has 0 radical (unpaired) electrons. The summed E-state index contributed by atoms with van der Waals surface area (Å²) in [6.45, 7) is 10.5. The van der Waals surface area contributed by atoms with Gasteiger partial charge in [-0.15, -0.1) is 0 Å². The summed E-state index contributed by atoms with van der Waals surface area (Å²) in [4.78, 5) is 9.23. The van der Waals surface area contributed by atoms with E-state index in [1.54, 1.807) is 0 Å². The molecule has 114 valence electrons. The average Bonchev–Trinajstić information content (AvgIpc) is 2.41. The molecule has 4 nitrogen and oxygen atoms in total. The quantitative estimate of drug-likeness (QED) is 0.791. The molecule has 0 saturated carbocycles. The zero-order valence-corrected chi connectivity index (χ0v) is 13.9. The SMILES string of the molecule is CCNCc1cc(C(C)C)nc(N(C)CCN(C)C)c1. The molecule has 0 bridgehead atoms. The van der Waals surface area contributed by atoms with Gasteiger partial charge in [0.25, 0.3) is 0 Å². The molecule has 0 aliphatic rings. The maximum atomic E-state index is 4.80. The first-order chi connectivity index (χ1) is 9.43. The zero-order chi connectivity index (χ0) is 15.1. The summed E-state index contributed by atoms with van der Waals surface area (Å²) in [7, 11) is 6.32. The Balaban J connectivity index is 2.89. The molecule has 0 amide bonds. The second-order valence-electron chi connectivity index (χ2n) is 5.92. The van der Waals surface area contributed by atoms with Gasteiger partial charge in [0.2, 0.25) is 0 Å². The summed E-state index contributed by atoms with van der Waals surface area (Å²) >= 11 is 0. The van der Waals surface area contributed by atoms with Crippen LogP contribution in [0.4, 0.5) is 5.82 Å². The molecular formula is C16H30N4. The van der Waals surface area contributed by atoms with Gasteiger partial charge in [-0.05, 0) is 44.3 Å². The summed E-state index contributed by atoms with van der Waals surface area (Å²) in [5.41, 5.74) is 2.49. The number of aromatic nitrogens is 1. The summed E-state index contributed by atoms with van der Waals surface area (Å²) in [5, 5.41) is 3.39. The fourth-order valence-corrected chi connectivity index (χ4v) is 1.92. The highest BCUT2D eigenvalue weighted by Crippen LogP contribution is 2.19.